The predicted octanol–water partition coefficient (Wildman–Crippen LogP) is 3.08. The first-order valence-electron chi connectivity index (χ1n) is 8.42. The van der Waals surface area contributed by atoms with Gasteiger partial charge in [-0.3, -0.25) is 19.2 Å². The SMILES string of the molecule is CC(C[C@@H](CC(=O)OC(C)(C)C)C(=O)O)=C1C(=O)CC(C)(C)CC1=O. The van der Waals surface area contributed by atoms with Gasteiger partial charge in [0.2, 0.25) is 0 Å². The number of carboxylic acids is 1. The van der Waals surface area contributed by atoms with Crippen molar-refractivity contribution in [2.75, 3.05) is 0 Å². The normalized spacial score (nSPS) is 18.7. The van der Waals surface area contributed by atoms with Gasteiger partial charge in [0.1, 0.15) is 5.60 Å². The van der Waals surface area contributed by atoms with Gasteiger partial charge in [-0.05, 0) is 39.5 Å². The van der Waals surface area contributed by atoms with Gasteiger partial charge >= 0.3 is 11.9 Å². The number of hydrogen-bond acceptors (Lipinski definition) is 5. The van der Waals surface area contributed by atoms with Gasteiger partial charge in [-0.25, -0.2) is 0 Å². The highest BCUT2D eigenvalue weighted by Crippen LogP contribution is 2.35. The van der Waals surface area contributed by atoms with Crippen molar-refractivity contribution in [1.29, 1.82) is 0 Å². The molecule has 1 aliphatic carbocycles. The Morgan fingerprint density at radius 3 is 2.00 bits per heavy atom. The van der Waals surface area contributed by atoms with Crippen molar-refractivity contribution in [3.05, 3.63) is 11.1 Å². The summed E-state index contributed by atoms with van der Waals surface area (Å²) in [5.41, 5.74) is -0.536. The molecule has 1 saturated carbocycles. The van der Waals surface area contributed by atoms with E-state index in [2.05, 4.69) is 0 Å². The number of carbonyl (C=O) groups is 4. The minimum Gasteiger partial charge on any atom is -0.481 e. The average Bonchev–Trinajstić information content (AvgIpc) is 2.32. The molecular formula is C19H28O6. The second-order valence-corrected chi connectivity index (χ2v) is 8.55. The van der Waals surface area contributed by atoms with Crippen LogP contribution >= 0.6 is 0 Å². The number of esters is 1. The van der Waals surface area contributed by atoms with Crippen molar-refractivity contribution < 1.29 is 29.0 Å². The van der Waals surface area contributed by atoms with Crippen LogP contribution in [0.5, 0.6) is 0 Å². The summed E-state index contributed by atoms with van der Waals surface area (Å²) in [4.78, 5) is 48.0. The topological polar surface area (TPSA) is 97.7 Å². The number of ketones is 2. The molecular weight excluding hydrogens is 324 g/mol. The summed E-state index contributed by atoms with van der Waals surface area (Å²) in [6.07, 6.45) is 0.192. The maximum absolute atomic E-state index is 12.3. The monoisotopic (exact) mass is 352 g/mol. The number of hydrogen-bond donors (Lipinski definition) is 1. The summed E-state index contributed by atoms with van der Waals surface area (Å²) < 4.78 is 5.16. The van der Waals surface area contributed by atoms with Gasteiger partial charge < -0.3 is 9.84 Å². The lowest BCUT2D eigenvalue weighted by atomic mass is 9.72. The van der Waals surface area contributed by atoms with Crippen LogP contribution in [0.2, 0.25) is 0 Å². The third kappa shape index (κ3) is 6.44. The van der Waals surface area contributed by atoms with E-state index < -0.39 is 23.5 Å². The molecule has 0 spiro atoms. The molecule has 0 amide bonds. The Bertz CT molecular complexity index is 596. The second-order valence-electron chi connectivity index (χ2n) is 8.55. The van der Waals surface area contributed by atoms with E-state index in [0.29, 0.717) is 5.57 Å². The molecule has 1 fully saturated rings. The largest absolute Gasteiger partial charge is 0.481 e. The molecule has 25 heavy (non-hydrogen) atoms. The molecule has 0 aromatic heterocycles. The van der Waals surface area contributed by atoms with E-state index in [-0.39, 0.29) is 48.2 Å². The van der Waals surface area contributed by atoms with Gasteiger partial charge in [0.25, 0.3) is 0 Å². The molecule has 0 radical (unpaired) electrons. The van der Waals surface area contributed by atoms with Crippen molar-refractivity contribution in [1.82, 2.24) is 0 Å². The smallest absolute Gasteiger partial charge is 0.307 e. The van der Waals surface area contributed by atoms with Crippen LogP contribution in [0.15, 0.2) is 11.1 Å². The molecule has 6 heteroatoms. The maximum Gasteiger partial charge on any atom is 0.307 e. The summed E-state index contributed by atoms with van der Waals surface area (Å²) in [6, 6.07) is 0. The molecule has 1 atom stereocenters. The van der Waals surface area contributed by atoms with E-state index in [9.17, 15) is 24.3 Å². The highest BCUT2D eigenvalue weighted by atomic mass is 16.6. The van der Waals surface area contributed by atoms with Crippen LogP contribution in [0, 0.1) is 11.3 Å². The van der Waals surface area contributed by atoms with Crippen molar-refractivity contribution >= 4 is 23.5 Å². The van der Waals surface area contributed by atoms with E-state index in [1.807, 2.05) is 13.8 Å². The number of carboxylic acid groups (broad SMARTS) is 1. The maximum atomic E-state index is 12.3. The van der Waals surface area contributed by atoms with Crippen molar-refractivity contribution in [2.45, 2.75) is 72.8 Å². The fourth-order valence-electron chi connectivity index (χ4n) is 3.04. The Hall–Kier alpha value is -1.98. The van der Waals surface area contributed by atoms with Gasteiger partial charge in [-0.1, -0.05) is 19.4 Å². The molecule has 1 aliphatic rings. The molecule has 0 bridgehead atoms. The standard InChI is InChI=1S/C19H28O6/c1-11(16-13(20)9-19(5,6)10-14(16)21)7-12(17(23)24)8-15(22)25-18(2,3)4/h12H,7-10H2,1-6H3,(H,23,24)/t12-/m0/s1. The highest BCUT2D eigenvalue weighted by Gasteiger charge is 2.37. The molecule has 0 aliphatic heterocycles. The van der Waals surface area contributed by atoms with Crippen LogP contribution in [0.25, 0.3) is 0 Å². The fraction of sp³-hybridized carbons (Fsp3) is 0.684. The number of Topliss-reactive ketones (excluding diaryl/α,β-unsaturated/α-hetero) is 2. The van der Waals surface area contributed by atoms with Crippen LogP contribution in [0.3, 0.4) is 0 Å². The first kappa shape index (κ1) is 21.1. The van der Waals surface area contributed by atoms with Crippen molar-refractivity contribution in [2.24, 2.45) is 11.3 Å². The Morgan fingerprint density at radius 2 is 1.60 bits per heavy atom. The first-order valence-corrected chi connectivity index (χ1v) is 8.42. The quantitative estimate of drug-likeness (QED) is 0.464. The molecule has 0 heterocycles. The van der Waals surface area contributed by atoms with Crippen LogP contribution in [-0.4, -0.2) is 34.2 Å². The Kier molecular flexibility index (Phi) is 6.32. The van der Waals surface area contributed by atoms with Crippen LogP contribution < -0.4 is 0 Å². The number of rotatable bonds is 5. The highest BCUT2D eigenvalue weighted by molar-refractivity contribution is 6.22. The Labute approximate surface area is 148 Å². The zero-order chi connectivity index (χ0) is 19.6. The molecule has 140 valence electrons. The predicted molar refractivity (Wildman–Crippen MR) is 91.9 cm³/mol. The summed E-state index contributed by atoms with van der Waals surface area (Å²) in [7, 11) is 0. The Balaban J connectivity index is 2.94. The minimum absolute atomic E-state index is 0.0260. The molecule has 0 aromatic rings. The lowest BCUT2D eigenvalue weighted by molar-refractivity contribution is -0.159. The Morgan fingerprint density at radius 1 is 1.12 bits per heavy atom. The van der Waals surface area contributed by atoms with E-state index in [4.69, 9.17) is 4.74 Å². The average molecular weight is 352 g/mol. The van der Waals surface area contributed by atoms with Crippen molar-refractivity contribution in [3.63, 3.8) is 0 Å². The van der Waals surface area contributed by atoms with Gasteiger partial charge in [0, 0.05) is 12.8 Å². The summed E-state index contributed by atoms with van der Waals surface area (Å²) in [5.74, 6) is -3.29. The molecule has 0 aromatic carbocycles. The van der Waals surface area contributed by atoms with Gasteiger partial charge in [-0.2, -0.15) is 0 Å². The van der Waals surface area contributed by atoms with E-state index in [1.165, 1.54) is 0 Å². The fourth-order valence-corrected chi connectivity index (χ4v) is 3.04. The summed E-state index contributed by atoms with van der Waals surface area (Å²) in [5, 5.41) is 9.38. The number of allylic oxidation sites excluding steroid dienone is 2. The second kappa shape index (κ2) is 7.50. The van der Waals surface area contributed by atoms with Crippen molar-refractivity contribution in [3.8, 4) is 0 Å². The van der Waals surface area contributed by atoms with E-state index in [0.717, 1.165) is 0 Å². The zero-order valence-corrected chi connectivity index (χ0v) is 15.9. The minimum atomic E-state index is -1.15. The molecule has 1 rings (SSSR count). The number of aliphatic carboxylic acids is 1. The number of carbonyl (C=O) groups excluding carboxylic acids is 3. The van der Waals surface area contributed by atoms with E-state index in [1.54, 1.807) is 27.7 Å². The number of ether oxygens (including phenoxy) is 1. The lowest BCUT2D eigenvalue weighted by Crippen LogP contribution is -2.33. The van der Waals surface area contributed by atoms with E-state index >= 15 is 0 Å². The molecule has 0 saturated heterocycles. The van der Waals surface area contributed by atoms with Gasteiger partial charge in [-0.15, -0.1) is 0 Å². The summed E-state index contributed by atoms with van der Waals surface area (Å²) in [6.45, 7) is 10.4. The summed E-state index contributed by atoms with van der Waals surface area (Å²) >= 11 is 0. The van der Waals surface area contributed by atoms with Crippen LogP contribution in [0.1, 0.15) is 67.2 Å². The lowest BCUT2D eigenvalue weighted by Gasteiger charge is -2.29. The molecule has 1 N–H and O–H groups in total. The van der Waals surface area contributed by atoms with Crippen LogP contribution in [0.4, 0.5) is 0 Å². The van der Waals surface area contributed by atoms with Gasteiger partial charge in [0.05, 0.1) is 17.9 Å². The van der Waals surface area contributed by atoms with Crippen LogP contribution in [-0.2, 0) is 23.9 Å². The molecule has 0 unspecified atom stereocenters. The third-order valence-corrected chi connectivity index (χ3v) is 4.00. The van der Waals surface area contributed by atoms with Gasteiger partial charge in [0.15, 0.2) is 11.6 Å². The zero-order valence-electron chi connectivity index (χ0n) is 15.9. The molecule has 6 nitrogen and oxygen atoms in total. The first-order chi connectivity index (χ1) is 11.2. The third-order valence-electron chi connectivity index (χ3n) is 4.00.